The summed E-state index contributed by atoms with van der Waals surface area (Å²) in [6.45, 7) is 8.36. The third kappa shape index (κ3) is 11.4. The van der Waals surface area contributed by atoms with Crippen molar-refractivity contribution in [3.8, 4) is 0 Å². The van der Waals surface area contributed by atoms with Crippen LogP contribution in [0.5, 0.6) is 0 Å². The van der Waals surface area contributed by atoms with E-state index >= 15 is 0 Å². The molecule has 0 atom stereocenters. The fourth-order valence-electron chi connectivity index (χ4n) is 5.65. The van der Waals surface area contributed by atoms with E-state index in [1.807, 2.05) is 0 Å². The average Bonchev–Trinajstić information content (AvgIpc) is 2.71. The number of rotatable bonds is 18. The molecule has 168 valence electrons. The van der Waals surface area contributed by atoms with Crippen molar-refractivity contribution in [1.82, 2.24) is 0 Å². The third-order valence-electron chi connectivity index (χ3n) is 7.77. The van der Waals surface area contributed by atoms with Gasteiger partial charge in [-0.05, 0) is 38.0 Å². The normalized spacial score (nSPS) is 23.7. The molecule has 28 heavy (non-hydrogen) atoms. The second-order valence-corrected chi connectivity index (χ2v) is 10.1. The van der Waals surface area contributed by atoms with Crippen molar-refractivity contribution < 1.29 is 16.9 Å². The summed E-state index contributed by atoms with van der Waals surface area (Å²) in [4.78, 5) is 0. The molecule has 0 aromatic carbocycles. The molecule has 0 spiro atoms. The van der Waals surface area contributed by atoms with Gasteiger partial charge in [0.2, 0.25) is 0 Å². The number of quaternary nitrogens is 1. The molecule has 0 aromatic rings. The zero-order valence-corrected chi connectivity index (χ0v) is 20.1. The van der Waals surface area contributed by atoms with E-state index in [2.05, 4.69) is 6.92 Å². The van der Waals surface area contributed by atoms with Gasteiger partial charge >= 0.3 is 0 Å². The number of hydrogen-bond donors (Lipinski definition) is 0. The highest BCUT2D eigenvalue weighted by atomic mass is 35.5. The molecule has 0 aromatic heterocycles. The van der Waals surface area contributed by atoms with Gasteiger partial charge in [0.1, 0.15) is 0 Å². The van der Waals surface area contributed by atoms with Gasteiger partial charge in [-0.25, -0.2) is 0 Å². The van der Waals surface area contributed by atoms with Crippen LogP contribution in [0.25, 0.3) is 0 Å². The molecular weight excluding hydrogens is 362 g/mol. The molecule has 1 nitrogen and oxygen atoms in total. The summed E-state index contributed by atoms with van der Waals surface area (Å²) in [6, 6.07) is 0. The van der Waals surface area contributed by atoms with Crippen LogP contribution < -0.4 is 12.4 Å². The predicted molar refractivity (Wildman–Crippen MR) is 121 cm³/mol. The molecule has 0 N–H and O–H groups in total. The minimum absolute atomic E-state index is 0. The summed E-state index contributed by atoms with van der Waals surface area (Å²) in [6.07, 6.45) is 29.8. The quantitative estimate of drug-likeness (QED) is 0.212. The van der Waals surface area contributed by atoms with Crippen molar-refractivity contribution in [3.63, 3.8) is 0 Å². The van der Waals surface area contributed by atoms with Crippen molar-refractivity contribution in [2.75, 3.05) is 26.2 Å². The summed E-state index contributed by atoms with van der Waals surface area (Å²) in [7, 11) is 0. The molecule has 2 bridgehead atoms. The molecule has 3 aliphatic heterocycles. The number of hydrogen-bond acceptors (Lipinski definition) is 0. The van der Waals surface area contributed by atoms with Crippen LogP contribution in [-0.2, 0) is 0 Å². The number of halogens is 1. The summed E-state index contributed by atoms with van der Waals surface area (Å²) in [5.74, 6) is 1.11. The lowest BCUT2D eigenvalue weighted by Gasteiger charge is -2.49. The van der Waals surface area contributed by atoms with Crippen molar-refractivity contribution in [3.05, 3.63) is 0 Å². The zero-order chi connectivity index (χ0) is 19.0. The van der Waals surface area contributed by atoms with Gasteiger partial charge in [-0.15, -0.1) is 0 Å². The maximum Gasteiger partial charge on any atom is 0.0789 e. The standard InChI is InChI=1S/C26H52N.ClH/c1-2-3-4-5-6-7-8-9-10-11-12-13-14-15-16-17-18-22-27-23-19-26(20-24-27)21-25-27;/h26H,2-25H2,1H3;1H/q+1;/p-1. The molecule has 3 fully saturated rings. The first-order chi connectivity index (χ1) is 13.3. The fraction of sp³-hybridized carbons (Fsp3) is 1.00. The average molecular weight is 414 g/mol. The highest BCUT2D eigenvalue weighted by Gasteiger charge is 2.38. The van der Waals surface area contributed by atoms with Crippen molar-refractivity contribution >= 4 is 0 Å². The number of piperidine rings is 3. The summed E-state index contributed by atoms with van der Waals surface area (Å²) >= 11 is 0. The highest BCUT2D eigenvalue weighted by molar-refractivity contribution is 4.71. The Labute approximate surface area is 184 Å². The second kappa shape index (κ2) is 17.0. The van der Waals surface area contributed by atoms with Crippen molar-refractivity contribution in [2.45, 2.75) is 135 Å². The molecule has 0 aliphatic carbocycles. The Bertz CT molecular complexity index is 322. The predicted octanol–water partition coefficient (Wildman–Crippen LogP) is 5.27. The SMILES string of the molecule is CCCCCCCCCCCCCCCCCCC[N+]12CCC(CC1)CC2.[Cl-]. The van der Waals surface area contributed by atoms with E-state index in [1.165, 1.54) is 140 Å². The van der Waals surface area contributed by atoms with Crippen LogP contribution in [0.1, 0.15) is 135 Å². The van der Waals surface area contributed by atoms with Gasteiger partial charge in [0.15, 0.2) is 0 Å². The molecule has 0 amide bonds. The van der Waals surface area contributed by atoms with Gasteiger partial charge in [-0.2, -0.15) is 0 Å². The van der Waals surface area contributed by atoms with E-state index < -0.39 is 0 Å². The minimum Gasteiger partial charge on any atom is -1.00 e. The van der Waals surface area contributed by atoms with Crippen LogP contribution in [0.2, 0.25) is 0 Å². The molecule has 3 rings (SSSR count). The van der Waals surface area contributed by atoms with E-state index in [1.54, 1.807) is 19.3 Å². The first-order valence-corrected chi connectivity index (χ1v) is 13.2. The smallest absolute Gasteiger partial charge is 0.0789 e. The fourth-order valence-corrected chi connectivity index (χ4v) is 5.65. The summed E-state index contributed by atoms with van der Waals surface area (Å²) < 4.78 is 1.51. The molecule has 0 unspecified atom stereocenters. The van der Waals surface area contributed by atoms with E-state index in [4.69, 9.17) is 0 Å². The van der Waals surface area contributed by atoms with E-state index in [0.717, 1.165) is 5.92 Å². The van der Waals surface area contributed by atoms with Gasteiger partial charge < -0.3 is 16.9 Å². The first-order valence-electron chi connectivity index (χ1n) is 13.2. The lowest BCUT2D eigenvalue weighted by molar-refractivity contribution is -0.942. The lowest BCUT2D eigenvalue weighted by Crippen LogP contribution is -3.00. The number of nitrogens with zero attached hydrogens (tertiary/aromatic N) is 1. The van der Waals surface area contributed by atoms with Crippen LogP contribution in [-0.4, -0.2) is 30.7 Å². The molecule has 3 heterocycles. The van der Waals surface area contributed by atoms with Crippen LogP contribution in [0.3, 0.4) is 0 Å². The molecule has 2 heteroatoms. The Morgan fingerprint density at radius 2 is 0.821 bits per heavy atom. The Hall–Kier alpha value is 0.250. The summed E-state index contributed by atoms with van der Waals surface area (Å²) in [5.41, 5.74) is 0. The van der Waals surface area contributed by atoms with Crippen LogP contribution in [0, 0.1) is 5.92 Å². The first kappa shape index (κ1) is 26.3. The second-order valence-electron chi connectivity index (χ2n) is 10.1. The highest BCUT2D eigenvalue weighted by Crippen LogP contribution is 2.33. The minimum atomic E-state index is 0. The number of fused-ring (bicyclic) bond motifs is 3. The molecule has 0 radical (unpaired) electrons. The molecule has 3 aliphatic rings. The Morgan fingerprint density at radius 3 is 1.18 bits per heavy atom. The third-order valence-corrected chi connectivity index (χ3v) is 7.77. The van der Waals surface area contributed by atoms with Crippen LogP contribution in [0.15, 0.2) is 0 Å². The molecular formula is C26H52ClN. The molecule has 0 saturated carbocycles. The van der Waals surface area contributed by atoms with E-state index in [9.17, 15) is 0 Å². The van der Waals surface area contributed by atoms with Crippen molar-refractivity contribution in [2.24, 2.45) is 5.92 Å². The van der Waals surface area contributed by atoms with Crippen LogP contribution in [0.4, 0.5) is 0 Å². The van der Waals surface area contributed by atoms with Gasteiger partial charge in [0.25, 0.3) is 0 Å². The summed E-state index contributed by atoms with van der Waals surface area (Å²) in [5, 5.41) is 0. The maximum atomic E-state index is 2.31. The van der Waals surface area contributed by atoms with Gasteiger partial charge in [-0.1, -0.05) is 103 Å². The van der Waals surface area contributed by atoms with Gasteiger partial charge in [-0.3, -0.25) is 0 Å². The maximum absolute atomic E-state index is 2.31. The van der Waals surface area contributed by atoms with Crippen molar-refractivity contribution in [1.29, 1.82) is 0 Å². The van der Waals surface area contributed by atoms with E-state index in [0.29, 0.717) is 0 Å². The Morgan fingerprint density at radius 1 is 0.500 bits per heavy atom. The van der Waals surface area contributed by atoms with E-state index in [-0.39, 0.29) is 12.4 Å². The van der Waals surface area contributed by atoms with Crippen LogP contribution >= 0.6 is 0 Å². The Kier molecular flexibility index (Phi) is 15.9. The largest absolute Gasteiger partial charge is 1.00 e. The topological polar surface area (TPSA) is 0 Å². The van der Waals surface area contributed by atoms with Gasteiger partial charge in [0, 0.05) is 0 Å². The zero-order valence-electron chi connectivity index (χ0n) is 19.4. The molecule has 3 saturated heterocycles. The Balaban J connectivity index is 0.00000392. The lowest BCUT2D eigenvalue weighted by atomic mass is 9.85. The number of unbranched alkanes of at least 4 members (excludes halogenated alkanes) is 16. The van der Waals surface area contributed by atoms with Gasteiger partial charge in [0.05, 0.1) is 26.2 Å². The monoisotopic (exact) mass is 413 g/mol.